The lowest BCUT2D eigenvalue weighted by molar-refractivity contribution is 0.354. The quantitative estimate of drug-likeness (QED) is 0.381. The summed E-state index contributed by atoms with van der Waals surface area (Å²) in [6, 6.07) is 8.50. The summed E-state index contributed by atoms with van der Waals surface area (Å²) in [6.07, 6.45) is 0. The van der Waals surface area contributed by atoms with E-state index in [0.29, 0.717) is 13.1 Å². The first-order valence-electron chi connectivity index (χ1n) is 8.12. The van der Waals surface area contributed by atoms with Crippen molar-refractivity contribution in [2.45, 2.75) is 30.4 Å². The zero-order valence-electron chi connectivity index (χ0n) is 14.9. The molecular weight excluding hydrogens is 342 g/mol. The second-order valence-corrected chi connectivity index (χ2v) is 10.5. The third-order valence-corrected chi connectivity index (χ3v) is 7.78. The minimum atomic E-state index is -3.03. The fraction of sp³-hybridized carbons (Fsp3) is 0.588. The first-order valence-corrected chi connectivity index (χ1v) is 10.8. The fourth-order valence-electron chi connectivity index (χ4n) is 2.62. The summed E-state index contributed by atoms with van der Waals surface area (Å²) in [4.78, 5) is 7.60. The highest BCUT2D eigenvalue weighted by molar-refractivity contribution is 7.99. The van der Waals surface area contributed by atoms with Crippen LogP contribution < -0.4 is 5.32 Å². The van der Waals surface area contributed by atoms with Gasteiger partial charge in [-0.3, -0.25) is 4.99 Å². The van der Waals surface area contributed by atoms with Crippen LogP contribution in [0.5, 0.6) is 0 Å². The Bertz CT molecular complexity index is 682. The van der Waals surface area contributed by atoms with Crippen LogP contribution >= 0.6 is 11.8 Å². The Balaban J connectivity index is 1.84. The number of benzene rings is 1. The van der Waals surface area contributed by atoms with Gasteiger partial charge < -0.3 is 10.2 Å². The Morgan fingerprint density at radius 1 is 1.33 bits per heavy atom. The van der Waals surface area contributed by atoms with Crippen LogP contribution in [-0.4, -0.2) is 62.2 Å². The first-order chi connectivity index (χ1) is 11.2. The number of sulfone groups is 1. The molecule has 0 radical (unpaired) electrons. The number of nitrogens with zero attached hydrogens (tertiary/aromatic N) is 2. The molecule has 2 rings (SSSR count). The molecule has 134 valence electrons. The maximum atomic E-state index is 12.1. The van der Waals surface area contributed by atoms with Gasteiger partial charge in [0.25, 0.3) is 0 Å². The van der Waals surface area contributed by atoms with Crippen LogP contribution in [0.15, 0.2) is 34.2 Å². The van der Waals surface area contributed by atoms with Crippen LogP contribution in [0.2, 0.25) is 0 Å². The summed E-state index contributed by atoms with van der Waals surface area (Å²) in [7, 11) is -1.29. The highest BCUT2D eigenvalue weighted by Crippen LogP contribution is 2.23. The van der Waals surface area contributed by atoms with E-state index in [1.807, 2.05) is 4.90 Å². The number of aliphatic imine (C=N–C) groups is 1. The zero-order valence-corrected chi connectivity index (χ0v) is 16.5. The van der Waals surface area contributed by atoms with E-state index in [2.05, 4.69) is 41.5 Å². The molecule has 0 spiro atoms. The summed E-state index contributed by atoms with van der Waals surface area (Å²) < 4.78 is 23.5. The molecular formula is C17H27N3O2S2. The SMILES string of the molecule is CN=C(NCCSc1ccc(C)cc1)N1CCS(=O)(=O)C(C)(C)C1. The van der Waals surface area contributed by atoms with Gasteiger partial charge in [-0.1, -0.05) is 17.7 Å². The molecule has 0 unspecified atom stereocenters. The Morgan fingerprint density at radius 2 is 2.00 bits per heavy atom. The normalized spacial score (nSPS) is 20.0. The molecule has 5 nitrogen and oxygen atoms in total. The first kappa shape index (κ1) is 19.1. The zero-order chi connectivity index (χ0) is 17.8. The Hall–Kier alpha value is -1.21. The number of guanidine groups is 1. The maximum Gasteiger partial charge on any atom is 0.193 e. The summed E-state index contributed by atoms with van der Waals surface area (Å²) in [5, 5.41) is 3.35. The number of hydrogen-bond acceptors (Lipinski definition) is 4. The van der Waals surface area contributed by atoms with Gasteiger partial charge in [-0.25, -0.2) is 8.42 Å². The molecule has 0 aliphatic carbocycles. The summed E-state index contributed by atoms with van der Waals surface area (Å²) >= 11 is 1.80. The van der Waals surface area contributed by atoms with Crippen LogP contribution in [0.1, 0.15) is 19.4 Å². The molecule has 1 aliphatic heterocycles. The van der Waals surface area contributed by atoms with E-state index in [1.54, 1.807) is 32.7 Å². The average Bonchev–Trinajstić information content (AvgIpc) is 2.52. The van der Waals surface area contributed by atoms with Gasteiger partial charge in [0.05, 0.1) is 10.5 Å². The standard InChI is InChI=1S/C17H27N3O2S2/c1-14-5-7-15(8-6-14)23-11-9-19-16(18-4)20-10-12-24(21,22)17(2,3)13-20/h5-8H,9-13H2,1-4H3,(H,18,19). The van der Waals surface area contributed by atoms with E-state index in [4.69, 9.17) is 0 Å². The molecule has 0 atom stereocenters. The van der Waals surface area contributed by atoms with Gasteiger partial charge in [-0.2, -0.15) is 0 Å². The third kappa shape index (κ3) is 4.66. The molecule has 1 N–H and O–H groups in total. The van der Waals surface area contributed by atoms with Crippen LogP contribution in [0.25, 0.3) is 0 Å². The van der Waals surface area contributed by atoms with E-state index in [9.17, 15) is 8.42 Å². The monoisotopic (exact) mass is 369 g/mol. The molecule has 0 amide bonds. The molecule has 1 saturated heterocycles. The lowest BCUT2D eigenvalue weighted by Crippen LogP contribution is -2.57. The highest BCUT2D eigenvalue weighted by Gasteiger charge is 2.40. The van der Waals surface area contributed by atoms with Crippen LogP contribution in [0.3, 0.4) is 0 Å². The second-order valence-electron chi connectivity index (χ2n) is 6.64. The second kappa shape index (κ2) is 7.78. The van der Waals surface area contributed by atoms with Gasteiger partial charge in [0.1, 0.15) is 0 Å². The van der Waals surface area contributed by atoms with Crippen LogP contribution in [0, 0.1) is 6.92 Å². The number of aryl methyl sites for hydroxylation is 1. The van der Waals surface area contributed by atoms with Crippen molar-refractivity contribution in [2.24, 2.45) is 4.99 Å². The lowest BCUT2D eigenvalue weighted by Gasteiger charge is -2.39. The van der Waals surface area contributed by atoms with Crippen molar-refractivity contribution in [1.82, 2.24) is 10.2 Å². The Morgan fingerprint density at radius 3 is 2.58 bits per heavy atom. The van der Waals surface area contributed by atoms with E-state index in [-0.39, 0.29) is 5.75 Å². The van der Waals surface area contributed by atoms with Crippen molar-refractivity contribution in [3.05, 3.63) is 29.8 Å². The van der Waals surface area contributed by atoms with Crippen molar-refractivity contribution in [2.75, 3.05) is 38.2 Å². The van der Waals surface area contributed by atoms with Crippen molar-refractivity contribution >= 4 is 27.6 Å². The summed E-state index contributed by atoms with van der Waals surface area (Å²) in [5.41, 5.74) is 1.26. The number of rotatable bonds is 4. The number of hydrogen-bond donors (Lipinski definition) is 1. The molecule has 24 heavy (non-hydrogen) atoms. The molecule has 0 bridgehead atoms. The van der Waals surface area contributed by atoms with Gasteiger partial charge in [-0.05, 0) is 32.9 Å². The molecule has 1 aromatic carbocycles. The third-order valence-electron chi connectivity index (χ3n) is 4.23. The molecule has 0 saturated carbocycles. The fourth-order valence-corrected chi connectivity index (χ4v) is 4.76. The minimum Gasteiger partial charge on any atom is -0.355 e. The lowest BCUT2D eigenvalue weighted by atomic mass is 10.2. The molecule has 0 aromatic heterocycles. The van der Waals surface area contributed by atoms with E-state index < -0.39 is 14.6 Å². The van der Waals surface area contributed by atoms with Crippen molar-refractivity contribution < 1.29 is 8.42 Å². The predicted molar refractivity (Wildman–Crippen MR) is 103 cm³/mol. The Kier molecular flexibility index (Phi) is 6.20. The van der Waals surface area contributed by atoms with Crippen molar-refractivity contribution in [3.8, 4) is 0 Å². The van der Waals surface area contributed by atoms with E-state index >= 15 is 0 Å². The van der Waals surface area contributed by atoms with Gasteiger partial charge in [0, 0.05) is 37.3 Å². The van der Waals surface area contributed by atoms with E-state index in [1.165, 1.54) is 10.5 Å². The Labute approximate surface area is 149 Å². The van der Waals surface area contributed by atoms with E-state index in [0.717, 1.165) is 18.3 Å². The van der Waals surface area contributed by atoms with Gasteiger partial charge in [0.15, 0.2) is 15.8 Å². The van der Waals surface area contributed by atoms with Gasteiger partial charge >= 0.3 is 0 Å². The van der Waals surface area contributed by atoms with Crippen LogP contribution in [-0.2, 0) is 9.84 Å². The minimum absolute atomic E-state index is 0.179. The highest BCUT2D eigenvalue weighted by atomic mass is 32.2. The molecule has 1 aromatic rings. The summed E-state index contributed by atoms with van der Waals surface area (Å²) in [5.74, 6) is 1.89. The topological polar surface area (TPSA) is 61.8 Å². The summed E-state index contributed by atoms with van der Waals surface area (Å²) in [6.45, 7) is 7.41. The maximum absolute atomic E-state index is 12.1. The number of thioether (sulfide) groups is 1. The molecule has 1 heterocycles. The molecule has 1 fully saturated rings. The average molecular weight is 370 g/mol. The predicted octanol–water partition coefficient (Wildman–Crippen LogP) is 2.17. The van der Waals surface area contributed by atoms with Gasteiger partial charge in [-0.15, -0.1) is 11.8 Å². The molecule has 1 aliphatic rings. The van der Waals surface area contributed by atoms with Crippen molar-refractivity contribution in [3.63, 3.8) is 0 Å². The van der Waals surface area contributed by atoms with Crippen LogP contribution in [0.4, 0.5) is 0 Å². The largest absolute Gasteiger partial charge is 0.355 e. The number of nitrogens with one attached hydrogen (secondary N) is 1. The van der Waals surface area contributed by atoms with Crippen molar-refractivity contribution in [1.29, 1.82) is 0 Å². The molecule has 7 heteroatoms. The van der Waals surface area contributed by atoms with Gasteiger partial charge in [0.2, 0.25) is 0 Å². The smallest absolute Gasteiger partial charge is 0.193 e.